The molecule has 8 nitrogen and oxygen atoms in total. The average Bonchev–Trinajstić information content (AvgIpc) is 2.81. The summed E-state index contributed by atoms with van der Waals surface area (Å²) in [4.78, 5) is 40.6. The second-order valence-corrected chi connectivity index (χ2v) is 8.79. The van der Waals surface area contributed by atoms with Crippen LogP contribution >= 0.6 is 0 Å². The van der Waals surface area contributed by atoms with Gasteiger partial charge in [-0.1, -0.05) is 6.07 Å². The van der Waals surface area contributed by atoms with E-state index < -0.39 is 34.6 Å². The Morgan fingerprint density at radius 2 is 1.91 bits per heavy atom. The summed E-state index contributed by atoms with van der Waals surface area (Å²) in [5.41, 5.74) is -1.42. The fourth-order valence-electron chi connectivity index (χ4n) is 5.45. The summed E-state index contributed by atoms with van der Waals surface area (Å²) in [5, 5.41) is 15.1. The van der Waals surface area contributed by atoms with Crippen LogP contribution in [0.15, 0.2) is 29.2 Å². The van der Waals surface area contributed by atoms with Crippen molar-refractivity contribution in [1.82, 2.24) is 14.9 Å². The van der Waals surface area contributed by atoms with Crippen molar-refractivity contribution in [2.75, 3.05) is 11.6 Å². The Hall–Kier alpha value is -3.43. The number of nitrogens with zero attached hydrogens (tertiary/aromatic N) is 3. The van der Waals surface area contributed by atoms with E-state index >= 15 is 0 Å². The smallest absolute Gasteiger partial charge is 0.278 e. The first-order valence-electron chi connectivity index (χ1n) is 11.1. The molecular weight excluding hydrogens is 434 g/mol. The topological polar surface area (TPSA) is 94.9 Å². The summed E-state index contributed by atoms with van der Waals surface area (Å²) in [6.07, 6.45) is 4.93. The Bertz CT molecular complexity index is 1210. The number of rotatable bonds is 4. The fraction of sp³-hybridized carbons (Fsp3) is 0.435. The van der Waals surface area contributed by atoms with Gasteiger partial charge in [0.1, 0.15) is 23.4 Å². The SMILES string of the molecule is CCN1C(=O)c2c(O)c(=O)c(C(=O)NCc3ccc(F)cc3F)cn2N2C3CCC(CC3)[C@@H]12. The van der Waals surface area contributed by atoms with Crippen molar-refractivity contribution in [1.29, 1.82) is 0 Å². The number of hydrogen-bond acceptors (Lipinski definition) is 5. The molecule has 0 unspecified atom stereocenters. The number of aromatic nitrogens is 1. The minimum Gasteiger partial charge on any atom is -0.502 e. The van der Waals surface area contributed by atoms with Gasteiger partial charge in [-0.15, -0.1) is 0 Å². The second-order valence-electron chi connectivity index (χ2n) is 8.79. The van der Waals surface area contributed by atoms with Gasteiger partial charge in [-0.05, 0) is 44.6 Å². The van der Waals surface area contributed by atoms with Crippen molar-refractivity contribution in [2.24, 2.45) is 5.92 Å². The lowest BCUT2D eigenvalue weighted by molar-refractivity contribution is 0.0159. The number of halogens is 2. The van der Waals surface area contributed by atoms with Crippen LogP contribution < -0.4 is 15.8 Å². The molecule has 2 saturated heterocycles. The molecule has 4 heterocycles. The minimum absolute atomic E-state index is 0.0502. The highest BCUT2D eigenvalue weighted by molar-refractivity contribution is 5.99. The van der Waals surface area contributed by atoms with Gasteiger partial charge in [0, 0.05) is 37.0 Å². The lowest BCUT2D eigenvalue weighted by atomic mass is 9.77. The standard InChI is InChI=1S/C23H24F2N4O4/c1-2-27-22-12-4-7-15(8-5-12)29(22)28-11-16(19(30)20(31)18(28)23(27)33)21(32)26-10-13-3-6-14(24)9-17(13)25/h3,6,9,11-12,15,22,31H,2,4-5,7-8,10H2,1H3,(H,26,32)/t12?,15?,22-/m0/s1. The number of pyridine rings is 1. The number of piperidine rings is 2. The quantitative estimate of drug-likeness (QED) is 0.732. The van der Waals surface area contributed by atoms with Gasteiger partial charge in [0.25, 0.3) is 11.8 Å². The van der Waals surface area contributed by atoms with Crippen LogP contribution in [0, 0.1) is 17.6 Å². The highest BCUT2D eigenvalue weighted by Crippen LogP contribution is 2.43. The van der Waals surface area contributed by atoms with Crippen molar-refractivity contribution in [3.63, 3.8) is 0 Å². The molecule has 1 aromatic carbocycles. The number of carbonyl (C=O) groups excluding carboxylic acids is 2. The van der Waals surface area contributed by atoms with Gasteiger partial charge in [0.15, 0.2) is 11.4 Å². The van der Waals surface area contributed by atoms with Gasteiger partial charge in [-0.2, -0.15) is 0 Å². The predicted molar refractivity (Wildman–Crippen MR) is 114 cm³/mol. The molecule has 3 aliphatic heterocycles. The summed E-state index contributed by atoms with van der Waals surface area (Å²) in [6, 6.07) is 3.10. The van der Waals surface area contributed by atoms with E-state index in [1.807, 2.05) is 11.9 Å². The Morgan fingerprint density at radius 1 is 1.18 bits per heavy atom. The number of carbonyl (C=O) groups is 2. The van der Waals surface area contributed by atoms with Gasteiger partial charge in [0.05, 0.1) is 0 Å². The molecule has 4 aliphatic rings. The summed E-state index contributed by atoms with van der Waals surface area (Å²) < 4.78 is 28.5. The summed E-state index contributed by atoms with van der Waals surface area (Å²) >= 11 is 0. The van der Waals surface area contributed by atoms with E-state index in [0.717, 1.165) is 31.7 Å². The van der Waals surface area contributed by atoms with E-state index in [4.69, 9.17) is 0 Å². The van der Waals surface area contributed by atoms with E-state index in [-0.39, 0.29) is 41.5 Å². The van der Waals surface area contributed by atoms with Crippen LogP contribution in [0.1, 0.15) is 59.0 Å². The Labute approximate surface area is 188 Å². The maximum Gasteiger partial charge on any atom is 0.278 e. The third-order valence-corrected chi connectivity index (χ3v) is 7.04. The zero-order valence-corrected chi connectivity index (χ0v) is 18.1. The molecule has 6 rings (SSSR count). The molecule has 1 aliphatic carbocycles. The second kappa shape index (κ2) is 7.86. The number of amides is 2. The number of nitrogens with one attached hydrogen (secondary N) is 1. The number of fused-ring (bicyclic) bond motifs is 3. The van der Waals surface area contributed by atoms with E-state index in [0.29, 0.717) is 12.6 Å². The largest absolute Gasteiger partial charge is 0.502 e. The first-order chi connectivity index (χ1) is 15.8. The molecule has 3 fully saturated rings. The van der Waals surface area contributed by atoms with Gasteiger partial charge in [-0.25, -0.2) is 8.78 Å². The molecule has 1 aromatic heterocycles. The molecule has 0 spiro atoms. The highest BCUT2D eigenvalue weighted by Gasteiger charge is 2.50. The van der Waals surface area contributed by atoms with Gasteiger partial charge in [-0.3, -0.25) is 24.1 Å². The van der Waals surface area contributed by atoms with Crippen molar-refractivity contribution in [3.8, 4) is 5.75 Å². The van der Waals surface area contributed by atoms with Crippen LogP contribution in [0.4, 0.5) is 8.78 Å². The van der Waals surface area contributed by atoms with E-state index in [9.17, 15) is 28.3 Å². The minimum atomic E-state index is -0.969. The Kier molecular flexibility index (Phi) is 5.10. The van der Waals surface area contributed by atoms with Crippen molar-refractivity contribution in [3.05, 3.63) is 63.1 Å². The average molecular weight is 458 g/mol. The lowest BCUT2D eigenvalue weighted by Gasteiger charge is -2.58. The fourth-order valence-corrected chi connectivity index (χ4v) is 5.45. The molecule has 2 bridgehead atoms. The molecule has 33 heavy (non-hydrogen) atoms. The molecule has 10 heteroatoms. The predicted octanol–water partition coefficient (Wildman–Crippen LogP) is 2.07. The van der Waals surface area contributed by atoms with E-state index in [1.165, 1.54) is 16.9 Å². The van der Waals surface area contributed by atoms with Crippen molar-refractivity contribution >= 4 is 11.8 Å². The lowest BCUT2D eigenvalue weighted by Crippen LogP contribution is -2.71. The van der Waals surface area contributed by atoms with Crippen molar-refractivity contribution in [2.45, 2.75) is 51.4 Å². The molecule has 174 valence electrons. The first-order valence-corrected chi connectivity index (χ1v) is 11.1. The van der Waals surface area contributed by atoms with Crippen LogP contribution in [0.2, 0.25) is 0 Å². The molecule has 2 N–H and O–H groups in total. The maximum absolute atomic E-state index is 13.9. The van der Waals surface area contributed by atoms with Crippen molar-refractivity contribution < 1.29 is 23.5 Å². The van der Waals surface area contributed by atoms with Crippen LogP contribution in [-0.2, 0) is 6.54 Å². The number of benzene rings is 1. The van der Waals surface area contributed by atoms with Gasteiger partial charge >= 0.3 is 0 Å². The van der Waals surface area contributed by atoms with Crippen LogP contribution in [-0.4, -0.2) is 45.2 Å². The summed E-state index contributed by atoms with van der Waals surface area (Å²) in [7, 11) is 0. The van der Waals surface area contributed by atoms with Gasteiger partial charge < -0.3 is 15.3 Å². The number of aromatic hydroxyl groups is 1. The normalized spacial score (nSPS) is 23.4. The summed E-state index contributed by atoms with van der Waals surface area (Å²) in [6.45, 7) is 2.02. The highest BCUT2D eigenvalue weighted by atomic mass is 19.1. The van der Waals surface area contributed by atoms with E-state index in [1.54, 1.807) is 4.90 Å². The van der Waals surface area contributed by atoms with Crippen LogP contribution in [0.25, 0.3) is 0 Å². The third-order valence-electron chi connectivity index (χ3n) is 7.04. The van der Waals surface area contributed by atoms with E-state index in [2.05, 4.69) is 5.32 Å². The Morgan fingerprint density at radius 3 is 2.58 bits per heavy atom. The molecule has 1 saturated carbocycles. The number of hydrogen-bond donors (Lipinski definition) is 2. The monoisotopic (exact) mass is 458 g/mol. The molecular formula is C23H24F2N4O4. The Balaban J connectivity index is 1.53. The third kappa shape index (κ3) is 3.27. The molecule has 2 amide bonds. The van der Waals surface area contributed by atoms with Crippen LogP contribution in [0.5, 0.6) is 5.75 Å². The molecule has 1 atom stereocenters. The van der Waals surface area contributed by atoms with Crippen LogP contribution in [0.3, 0.4) is 0 Å². The first kappa shape index (κ1) is 21.4. The summed E-state index contributed by atoms with van der Waals surface area (Å²) in [5.74, 6) is -3.33. The maximum atomic E-state index is 13.9. The zero-order valence-electron chi connectivity index (χ0n) is 18.1. The molecule has 0 radical (unpaired) electrons. The molecule has 2 aromatic rings. The zero-order chi connectivity index (χ0) is 23.4. The van der Waals surface area contributed by atoms with Gasteiger partial charge in [0.2, 0.25) is 5.43 Å².